The van der Waals surface area contributed by atoms with E-state index < -0.39 is 0 Å². The monoisotopic (exact) mass is 426 g/mol. The van der Waals surface area contributed by atoms with Gasteiger partial charge in [0.25, 0.3) is 5.91 Å². The Labute approximate surface area is 182 Å². The van der Waals surface area contributed by atoms with Gasteiger partial charge >= 0.3 is 0 Å². The van der Waals surface area contributed by atoms with Crippen LogP contribution in [0, 0.1) is 11.8 Å². The maximum absolute atomic E-state index is 12.9. The van der Waals surface area contributed by atoms with Crippen LogP contribution in [-0.2, 0) is 17.8 Å². The van der Waals surface area contributed by atoms with E-state index in [4.69, 9.17) is 0 Å². The van der Waals surface area contributed by atoms with Crippen molar-refractivity contribution in [3.63, 3.8) is 0 Å². The molecule has 2 heterocycles. The van der Waals surface area contributed by atoms with E-state index in [9.17, 15) is 14.4 Å². The molecule has 160 valence electrons. The number of hydrogen-bond donors (Lipinski definition) is 1. The van der Waals surface area contributed by atoms with E-state index in [1.165, 1.54) is 23.8 Å². The molecule has 1 N–H and O–H groups in total. The van der Waals surface area contributed by atoms with Crippen LogP contribution in [0.2, 0.25) is 0 Å². The van der Waals surface area contributed by atoms with Crippen molar-refractivity contribution in [2.24, 2.45) is 11.8 Å². The lowest BCUT2D eigenvalue weighted by atomic mass is 9.88. The van der Waals surface area contributed by atoms with Gasteiger partial charge in [0.2, 0.25) is 5.91 Å². The summed E-state index contributed by atoms with van der Waals surface area (Å²) in [7, 11) is 0. The van der Waals surface area contributed by atoms with Gasteiger partial charge in [0.05, 0.1) is 11.4 Å². The minimum absolute atomic E-state index is 0.0120. The van der Waals surface area contributed by atoms with Crippen LogP contribution in [0.25, 0.3) is 0 Å². The van der Waals surface area contributed by atoms with Crippen LogP contribution in [-0.4, -0.2) is 35.6 Å². The molecule has 0 unspecified atom stereocenters. The van der Waals surface area contributed by atoms with E-state index in [2.05, 4.69) is 31.3 Å². The second-order valence-electron chi connectivity index (χ2n) is 8.40. The van der Waals surface area contributed by atoms with Crippen molar-refractivity contribution in [1.82, 2.24) is 10.2 Å². The fourth-order valence-corrected chi connectivity index (χ4v) is 4.73. The van der Waals surface area contributed by atoms with Gasteiger partial charge in [0, 0.05) is 36.4 Å². The quantitative estimate of drug-likeness (QED) is 0.671. The van der Waals surface area contributed by atoms with Crippen LogP contribution in [0.1, 0.15) is 64.1 Å². The first-order valence-corrected chi connectivity index (χ1v) is 11.4. The number of carbonyl (C=O) groups excluding carboxylic acids is 3. The average Bonchev–Trinajstić information content (AvgIpc) is 3.20. The molecular weight excluding hydrogens is 396 g/mol. The minimum Gasteiger partial charge on any atom is -0.351 e. The maximum atomic E-state index is 12.9. The van der Waals surface area contributed by atoms with Crippen molar-refractivity contribution in [3.05, 3.63) is 57.3 Å². The number of thiophene rings is 1. The molecule has 2 amide bonds. The number of amides is 2. The van der Waals surface area contributed by atoms with Gasteiger partial charge in [-0.05, 0) is 42.9 Å². The lowest BCUT2D eigenvalue weighted by Crippen LogP contribution is -2.40. The van der Waals surface area contributed by atoms with Gasteiger partial charge in [0.15, 0.2) is 5.78 Å². The van der Waals surface area contributed by atoms with E-state index in [0.29, 0.717) is 43.3 Å². The van der Waals surface area contributed by atoms with E-state index in [-0.39, 0.29) is 23.5 Å². The molecule has 2 aromatic rings. The average molecular weight is 427 g/mol. The van der Waals surface area contributed by atoms with Crippen LogP contribution in [0.3, 0.4) is 0 Å². The fraction of sp³-hybridized carbons (Fsp3) is 0.458. The first kappa shape index (κ1) is 22.2. The largest absolute Gasteiger partial charge is 0.351 e. The van der Waals surface area contributed by atoms with Gasteiger partial charge in [-0.3, -0.25) is 14.4 Å². The molecule has 1 fully saturated rings. The van der Waals surface area contributed by atoms with Gasteiger partial charge in [-0.1, -0.05) is 38.1 Å². The lowest BCUT2D eigenvalue weighted by Gasteiger charge is -2.31. The summed E-state index contributed by atoms with van der Waals surface area (Å²) in [6.07, 6.45) is 2.41. The second kappa shape index (κ2) is 10.0. The van der Waals surface area contributed by atoms with Crippen LogP contribution >= 0.6 is 11.3 Å². The first-order chi connectivity index (χ1) is 14.3. The zero-order chi connectivity index (χ0) is 21.7. The normalized spacial score (nSPS) is 14.7. The number of piperidine rings is 1. The first-order valence-electron chi connectivity index (χ1n) is 10.6. The molecule has 0 aliphatic carbocycles. The molecule has 0 spiro atoms. The van der Waals surface area contributed by atoms with Gasteiger partial charge in [-0.2, -0.15) is 0 Å². The molecule has 1 aromatic heterocycles. The Morgan fingerprint density at radius 2 is 1.73 bits per heavy atom. The summed E-state index contributed by atoms with van der Waals surface area (Å²) in [5.41, 5.74) is 2.03. The van der Waals surface area contributed by atoms with Gasteiger partial charge in [0.1, 0.15) is 0 Å². The number of benzene rings is 1. The van der Waals surface area contributed by atoms with Gasteiger partial charge < -0.3 is 10.2 Å². The summed E-state index contributed by atoms with van der Waals surface area (Å²) in [6, 6.07) is 11.7. The number of hydrogen-bond acceptors (Lipinski definition) is 4. The molecule has 0 radical (unpaired) electrons. The lowest BCUT2D eigenvalue weighted by molar-refractivity contribution is -0.119. The third kappa shape index (κ3) is 5.79. The summed E-state index contributed by atoms with van der Waals surface area (Å²) in [5, 5.41) is 2.75. The van der Waals surface area contributed by atoms with Crippen molar-refractivity contribution in [2.75, 3.05) is 13.1 Å². The highest BCUT2D eigenvalue weighted by Gasteiger charge is 2.29. The topological polar surface area (TPSA) is 66.5 Å². The van der Waals surface area contributed by atoms with Gasteiger partial charge in [-0.15, -0.1) is 11.3 Å². The standard InChI is InChI=1S/C24H30N2O3S/c1-16(2)14-18-4-6-19(7-5-18)23(28)20-10-12-26(13-11-20)24(29)22-9-8-21(30-22)15-25-17(3)27/h4-9,16,20H,10-15H2,1-3H3,(H,25,27). The Morgan fingerprint density at radius 1 is 1.07 bits per heavy atom. The summed E-state index contributed by atoms with van der Waals surface area (Å²) in [4.78, 5) is 40.2. The Hall–Kier alpha value is -2.47. The molecular formula is C24H30N2O3S. The highest BCUT2D eigenvalue weighted by molar-refractivity contribution is 7.14. The summed E-state index contributed by atoms with van der Waals surface area (Å²) < 4.78 is 0. The van der Waals surface area contributed by atoms with Crippen molar-refractivity contribution in [2.45, 2.75) is 46.6 Å². The molecule has 3 rings (SSSR count). The SMILES string of the molecule is CC(=O)NCc1ccc(C(=O)N2CCC(C(=O)c3ccc(CC(C)C)cc3)CC2)s1. The molecule has 1 aliphatic rings. The number of carbonyl (C=O) groups is 3. The third-order valence-electron chi connectivity index (χ3n) is 5.42. The maximum Gasteiger partial charge on any atom is 0.263 e. The van der Waals surface area contributed by atoms with Gasteiger partial charge in [-0.25, -0.2) is 0 Å². The number of nitrogens with one attached hydrogen (secondary N) is 1. The molecule has 1 aliphatic heterocycles. The van der Waals surface area contributed by atoms with E-state index in [0.717, 1.165) is 16.9 Å². The number of Topliss-reactive ketones (excluding diaryl/α,β-unsaturated/α-hetero) is 1. The van der Waals surface area contributed by atoms with Crippen LogP contribution in [0.4, 0.5) is 0 Å². The van der Waals surface area contributed by atoms with Crippen molar-refractivity contribution in [3.8, 4) is 0 Å². The molecule has 0 atom stereocenters. The Bertz CT molecular complexity index is 893. The minimum atomic E-state index is -0.0856. The summed E-state index contributed by atoms with van der Waals surface area (Å²) >= 11 is 1.41. The predicted octanol–water partition coefficient (Wildman–Crippen LogP) is 4.32. The highest BCUT2D eigenvalue weighted by Crippen LogP contribution is 2.25. The number of ketones is 1. The number of rotatable bonds is 7. The van der Waals surface area contributed by atoms with Crippen LogP contribution < -0.4 is 5.32 Å². The zero-order valence-corrected chi connectivity index (χ0v) is 18.8. The molecule has 1 saturated heterocycles. The van der Waals surface area contributed by atoms with E-state index in [1.807, 2.05) is 29.2 Å². The molecule has 6 heteroatoms. The molecule has 1 aromatic carbocycles. The Kier molecular flexibility index (Phi) is 7.43. The Morgan fingerprint density at radius 3 is 2.33 bits per heavy atom. The number of nitrogens with zero attached hydrogens (tertiary/aromatic N) is 1. The fourth-order valence-electron chi connectivity index (χ4n) is 3.81. The highest BCUT2D eigenvalue weighted by atomic mass is 32.1. The van der Waals surface area contributed by atoms with E-state index >= 15 is 0 Å². The Balaban J connectivity index is 1.53. The summed E-state index contributed by atoms with van der Waals surface area (Å²) in [5.74, 6) is 0.685. The molecule has 0 saturated carbocycles. The molecule has 30 heavy (non-hydrogen) atoms. The van der Waals surface area contributed by atoms with Crippen molar-refractivity contribution < 1.29 is 14.4 Å². The molecule has 5 nitrogen and oxygen atoms in total. The number of likely N-dealkylation sites (tertiary alicyclic amines) is 1. The zero-order valence-electron chi connectivity index (χ0n) is 17.9. The summed E-state index contributed by atoms with van der Waals surface area (Å²) in [6.45, 7) is 7.49. The second-order valence-corrected chi connectivity index (χ2v) is 9.57. The third-order valence-corrected chi connectivity index (χ3v) is 6.49. The predicted molar refractivity (Wildman–Crippen MR) is 120 cm³/mol. The smallest absolute Gasteiger partial charge is 0.263 e. The molecule has 0 bridgehead atoms. The van der Waals surface area contributed by atoms with Crippen LogP contribution in [0.15, 0.2) is 36.4 Å². The van der Waals surface area contributed by atoms with Crippen molar-refractivity contribution >= 4 is 28.9 Å². The van der Waals surface area contributed by atoms with Crippen molar-refractivity contribution in [1.29, 1.82) is 0 Å². The van der Waals surface area contributed by atoms with Crippen LogP contribution in [0.5, 0.6) is 0 Å². The van der Waals surface area contributed by atoms with E-state index in [1.54, 1.807) is 0 Å².